The van der Waals surface area contributed by atoms with Crippen LogP contribution in [0, 0.1) is 6.92 Å². The highest BCUT2D eigenvalue weighted by Crippen LogP contribution is 2.10. The molecule has 4 heteroatoms. The van der Waals surface area contributed by atoms with E-state index >= 15 is 0 Å². The molecule has 0 aliphatic rings. The molecule has 0 bridgehead atoms. The van der Waals surface area contributed by atoms with Crippen molar-refractivity contribution < 1.29 is 14.3 Å². The molecule has 0 radical (unpaired) electrons. The number of furan rings is 1. The summed E-state index contributed by atoms with van der Waals surface area (Å²) in [5.41, 5.74) is 6.19. The number of carboxylic acids is 1. The molecule has 1 atom stereocenters. The Hall–Kier alpha value is -1.29. The lowest BCUT2D eigenvalue weighted by Gasteiger charge is -2.03. The molecule has 0 fully saturated rings. The predicted molar refractivity (Wildman–Crippen MR) is 42.8 cm³/mol. The zero-order valence-corrected chi connectivity index (χ0v) is 6.78. The molecule has 66 valence electrons. The molecule has 0 amide bonds. The van der Waals surface area contributed by atoms with E-state index in [-0.39, 0.29) is 0 Å². The molecule has 0 aliphatic carbocycles. The fraction of sp³-hybridized carbons (Fsp3) is 0.375. The van der Waals surface area contributed by atoms with Crippen molar-refractivity contribution in [2.24, 2.45) is 5.73 Å². The molecule has 0 aliphatic heterocycles. The van der Waals surface area contributed by atoms with Crippen LogP contribution < -0.4 is 5.73 Å². The van der Waals surface area contributed by atoms with E-state index in [0.717, 1.165) is 11.3 Å². The highest BCUT2D eigenvalue weighted by molar-refractivity contribution is 5.73. The van der Waals surface area contributed by atoms with Crippen molar-refractivity contribution in [3.63, 3.8) is 0 Å². The molecule has 1 aromatic heterocycles. The lowest BCUT2D eigenvalue weighted by molar-refractivity contribution is -0.138. The molecule has 3 N–H and O–H groups in total. The van der Waals surface area contributed by atoms with E-state index in [1.165, 1.54) is 6.26 Å². The van der Waals surface area contributed by atoms with Gasteiger partial charge in [-0.05, 0) is 18.6 Å². The average molecular weight is 169 g/mol. The fourth-order valence-corrected chi connectivity index (χ4v) is 0.947. The van der Waals surface area contributed by atoms with Crippen LogP contribution in [0.5, 0.6) is 0 Å². The van der Waals surface area contributed by atoms with E-state index in [9.17, 15) is 4.79 Å². The largest absolute Gasteiger partial charge is 0.480 e. The number of rotatable bonds is 3. The third kappa shape index (κ3) is 1.85. The number of carbonyl (C=O) groups is 1. The Bertz CT molecular complexity index is 280. The average Bonchev–Trinajstić information content (AvgIpc) is 2.36. The quantitative estimate of drug-likeness (QED) is 0.692. The molecule has 1 rings (SSSR count). The van der Waals surface area contributed by atoms with Crippen LogP contribution in [0.25, 0.3) is 0 Å². The SMILES string of the molecule is Cc1occc1C[C@@H](N)C(=O)O. The van der Waals surface area contributed by atoms with Crippen LogP contribution in [0.15, 0.2) is 16.7 Å². The number of hydrogen-bond donors (Lipinski definition) is 2. The molecule has 0 unspecified atom stereocenters. The van der Waals surface area contributed by atoms with Crippen LogP contribution in [-0.4, -0.2) is 17.1 Å². The van der Waals surface area contributed by atoms with E-state index in [2.05, 4.69) is 0 Å². The van der Waals surface area contributed by atoms with Gasteiger partial charge in [0.1, 0.15) is 11.8 Å². The second kappa shape index (κ2) is 3.40. The molecule has 1 heterocycles. The fourth-order valence-electron chi connectivity index (χ4n) is 0.947. The van der Waals surface area contributed by atoms with E-state index in [4.69, 9.17) is 15.3 Å². The van der Waals surface area contributed by atoms with Crippen LogP contribution in [0.4, 0.5) is 0 Å². The lowest BCUT2D eigenvalue weighted by Crippen LogP contribution is -2.32. The van der Waals surface area contributed by atoms with E-state index < -0.39 is 12.0 Å². The molecular formula is C8H11NO3. The van der Waals surface area contributed by atoms with Crippen LogP contribution in [-0.2, 0) is 11.2 Å². The number of aliphatic carboxylic acids is 1. The maximum Gasteiger partial charge on any atom is 0.320 e. The first kappa shape index (κ1) is 8.80. The van der Waals surface area contributed by atoms with Gasteiger partial charge in [0.2, 0.25) is 0 Å². The molecule has 0 spiro atoms. The summed E-state index contributed by atoms with van der Waals surface area (Å²) >= 11 is 0. The van der Waals surface area contributed by atoms with Gasteiger partial charge in [-0.2, -0.15) is 0 Å². The van der Waals surface area contributed by atoms with Gasteiger partial charge in [-0.25, -0.2) is 0 Å². The summed E-state index contributed by atoms with van der Waals surface area (Å²) in [5, 5.41) is 8.52. The number of nitrogens with two attached hydrogens (primary N) is 1. The minimum Gasteiger partial charge on any atom is -0.480 e. The topological polar surface area (TPSA) is 76.5 Å². The maximum atomic E-state index is 10.4. The Morgan fingerprint density at radius 2 is 2.50 bits per heavy atom. The Morgan fingerprint density at radius 3 is 2.92 bits per heavy atom. The van der Waals surface area contributed by atoms with E-state index in [1.807, 2.05) is 0 Å². The molecule has 1 aromatic rings. The van der Waals surface area contributed by atoms with Gasteiger partial charge in [-0.15, -0.1) is 0 Å². The van der Waals surface area contributed by atoms with Crippen molar-refractivity contribution in [1.82, 2.24) is 0 Å². The van der Waals surface area contributed by atoms with Crippen LogP contribution in [0.1, 0.15) is 11.3 Å². The standard InChI is InChI=1S/C8H11NO3/c1-5-6(2-3-12-5)4-7(9)8(10)11/h2-3,7H,4,9H2,1H3,(H,10,11)/t7-/m1/s1. The first-order valence-electron chi connectivity index (χ1n) is 3.62. The number of aryl methyl sites for hydroxylation is 1. The van der Waals surface area contributed by atoms with Gasteiger partial charge in [-0.1, -0.05) is 0 Å². The summed E-state index contributed by atoms with van der Waals surface area (Å²) in [6, 6.07) is 0.888. The second-order valence-corrected chi connectivity index (χ2v) is 2.65. The van der Waals surface area contributed by atoms with E-state index in [1.54, 1.807) is 13.0 Å². The van der Waals surface area contributed by atoms with Crippen molar-refractivity contribution in [1.29, 1.82) is 0 Å². The summed E-state index contributed by atoms with van der Waals surface area (Å²) in [7, 11) is 0. The lowest BCUT2D eigenvalue weighted by atomic mass is 10.1. The first-order valence-corrected chi connectivity index (χ1v) is 3.62. The number of hydrogen-bond acceptors (Lipinski definition) is 3. The van der Waals surface area contributed by atoms with Crippen molar-refractivity contribution in [2.45, 2.75) is 19.4 Å². The van der Waals surface area contributed by atoms with Gasteiger partial charge in [0.25, 0.3) is 0 Å². The molecule has 12 heavy (non-hydrogen) atoms. The van der Waals surface area contributed by atoms with E-state index in [0.29, 0.717) is 6.42 Å². The summed E-state index contributed by atoms with van der Waals surface area (Å²) in [4.78, 5) is 10.4. The summed E-state index contributed by atoms with van der Waals surface area (Å²) < 4.78 is 5.00. The number of carboxylic acid groups (broad SMARTS) is 1. The summed E-state index contributed by atoms with van der Waals surface area (Å²) in [5.74, 6) is -0.262. The van der Waals surface area contributed by atoms with Crippen LogP contribution in [0.2, 0.25) is 0 Å². The minimum absolute atomic E-state index is 0.317. The molecule has 0 aromatic carbocycles. The van der Waals surface area contributed by atoms with Crippen molar-refractivity contribution in [3.05, 3.63) is 23.7 Å². The normalized spacial score (nSPS) is 12.8. The van der Waals surface area contributed by atoms with Gasteiger partial charge in [0, 0.05) is 6.42 Å². The second-order valence-electron chi connectivity index (χ2n) is 2.65. The predicted octanol–water partition coefficient (Wildman–Crippen LogP) is 0.542. The molecule has 0 saturated heterocycles. The van der Waals surface area contributed by atoms with Gasteiger partial charge in [0.15, 0.2) is 0 Å². The Labute approximate surface area is 70.0 Å². The monoisotopic (exact) mass is 169 g/mol. The summed E-state index contributed by atoms with van der Waals surface area (Å²) in [6.07, 6.45) is 1.84. The zero-order chi connectivity index (χ0) is 9.14. The van der Waals surface area contributed by atoms with Gasteiger partial charge >= 0.3 is 5.97 Å². The smallest absolute Gasteiger partial charge is 0.320 e. The molecular weight excluding hydrogens is 158 g/mol. The molecule has 0 saturated carbocycles. The highest BCUT2D eigenvalue weighted by atomic mass is 16.4. The zero-order valence-electron chi connectivity index (χ0n) is 6.78. The van der Waals surface area contributed by atoms with Gasteiger partial charge in [-0.3, -0.25) is 4.79 Å². The highest BCUT2D eigenvalue weighted by Gasteiger charge is 2.14. The Balaban J connectivity index is 2.64. The third-order valence-corrected chi connectivity index (χ3v) is 1.72. The van der Waals surface area contributed by atoms with Crippen LogP contribution in [0.3, 0.4) is 0 Å². The van der Waals surface area contributed by atoms with Crippen molar-refractivity contribution in [2.75, 3.05) is 0 Å². The third-order valence-electron chi connectivity index (χ3n) is 1.72. The van der Waals surface area contributed by atoms with Gasteiger partial charge < -0.3 is 15.3 Å². The van der Waals surface area contributed by atoms with Crippen LogP contribution >= 0.6 is 0 Å². The van der Waals surface area contributed by atoms with Gasteiger partial charge in [0.05, 0.1) is 6.26 Å². The van der Waals surface area contributed by atoms with Crippen molar-refractivity contribution >= 4 is 5.97 Å². The first-order chi connectivity index (χ1) is 5.61. The minimum atomic E-state index is -0.990. The Morgan fingerprint density at radius 1 is 1.83 bits per heavy atom. The molecule has 4 nitrogen and oxygen atoms in total. The Kier molecular flexibility index (Phi) is 2.50. The van der Waals surface area contributed by atoms with Crippen molar-refractivity contribution in [3.8, 4) is 0 Å². The maximum absolute atomic E-state index is 10.4. The summed E-state index contributed by atoms with van der Waals surface area (Å²) in [6.45, 7) is 1.78.